The topological polar surface area (TPSA) is 38.3 Å². The standard InChI is InChI=1S/C16H33NO2/c1-5-7-9-11-13-16(3,12-10-8-6-2)17-14-15(18)19-4/h17H,5-14H2,1-4H3. The number of hydrogen-bond acceptors (Lipinski definition) is 3. The van der Waals surface area contributed by atoms with Crippen molar-refractivity contribution in [3.63, 3.8) is 0 Å². The predicted octanol–water partition coefficient (Wildman–Crippen LogP) is 4.06. The Labute approximate surface area is 119 Å². The molecule has 3 nitrogen and oxygen atoms in total. The first-order valence-corrected chi connectivity index (χ1v) is 7.89. The highest BCUT2D eigenvalue weighted by Crippen LogP contribution is 2.22. The highest BCUT2D eigenvalue weighted by Gasteiger charge is 2.23. The molecule has 0 saturated carbocycles. The molecule has 0 bridgehead atoms. The van der Waals surface area contributed by atoms with Crippen LogP contribution in [0.5, 0.6) is 0 Å². The van der Waals surface area contributed by atoms with E-state index >= 15 is 0 Å². The first kappa shape index (κ1) is 18.4. The van der Waals surface area contributed by atoms with E-state index in [1.807, 2.05) is 0 Å². The molecule has 0 spiro atoms. The van der Waals surface area contributed by atoms with Crippen molar-refractivity contribution in [2.45, 2.75) is 84.1 Å². The summed E-state index contributed by atoms with van der Waals surface area (Å²) in [5, 5.41) is 3.41. The molecule has 0 rings (SSSR count). The van der Waals surface area contributed by atoms with Gasteiger partial charge >= 0.3 is 5.97 Å². The molecule has 114 valence electrons. The van der Waals surface area contributed by atoms with Crippen LogP contribution in [0.2, 0.25) is 0 Å². The minimum atomic E-state index is -0.171. The maximum atomic E-state index is 11.3. The molecular formula is C16H33NO2. The lowest BCUT2D eigenvalue weighted by atomic mass is 9.88. The summed E-state index contributed by atoms with van der Waals surface area (Å²) in [4.78, 5) is 11.3. The smallest absolute Gasteiger partial charge is 0.319 e. The van der Waals surface area contributed by atoms with Crippen molar-refractivity contribution in [2.24, 2.45) is 0 Å². The average molecular weight is 271 g/mol. The van der Waals surface area contributed by atoms with Gasteiger partial charge in [-0.15, -0.1) is 0 Å². The van der Waals surface area contributed by atoms with Crippen molar-refractivity contribution >= 4 is 5.97 Å². The number of esters is 1. The minimum Gasteiger partial charge on any atom is -0.468 e. The number of carbonyl (C=O) groups excluding carboxylic acids is 1. The van der Waals surface area contributed by atoms with Crippen LogP contribution in [0, 0.1) is 0 Å². The van der Waals surface area contributed by atoms with Gasteiger partial charge in [-0.25, -0.2) is 0 Å². The second-order valence-corrected chi connectivity index (χ2v) is 5.76. The summed E-state index contributed by atoms with van der Waals surface area (Å²) in [6, 6.07) is 0. The molecular weight excluding hydrogens is 238 g/mol. The van der Waals surface area contributed by atoms with E-state index in [9.17, 15) is 4.79 Å². The summed E-state index contributed by atoms with van der Waals surface area (Å²) in [6.45, 7) is 7.03. The SMILES string of the molecule is CCCCCCC(C)(CCCCC)NCC(=O)OC. The summed E-state index contributed by atoms with van der Waals surface area (Å²) in [5.74, 6) is -0.171. The molecule has 0 radical (unpaired) electrons. The maximum absolute atomic E-state index is 11.3. The van der Waals surface area contributed by atoms with Crippen LogP contribution in [0.1, 0.15) is 78.6 Å². The van der Waals surface area contributed by atoms with Crippen molar-refractivity contribution in [3.8, 4) is 0 Å². The average Bonchev–Trinajstić information content (AvgIpc) is 2.41. The Morgan fingerprint density at radius 2 is 1.53 bits per heavy atom. The molecule has 1 N–H and O–H groups in total. The Kier molecular flexibility index (Phi) is 10.9. The van der Waals surface area contributed by atoms with Crippen LogP contribution in [0.4, 0.5) is 0 Å². The third kappa shape index (κ3) is 9.94. The molecule has 0 aromatic carbocycles. The Hall–Kier alpha value is -0.570. The Morgan fingerprint density at radius 3 is 2.05 bits per heavy atom. The second kappa shape index (κ2) is 11.3. The van der Waals surface area contributed by atoms with Gasteiger partial charge in [-0.3, -0.25) is 4.79 Å². The van der Waals surface area contributed by atoms with Crippen molar-refractivity contribution in [1.29, 1.82) is 0 Å². The summed E-state index contributed by atoms with van der Waals surface area (Å²) in [5.41, 5.74) is 0.0805. The van der Waals surface area contributed by atoms with Gasteiger partial charge in [-0.2, -0.15) is 0 Å². The number of unbranched alkanes of at least 4 members (excludes halogenated alkanes) is 5. The van der Waals surface area contributed by atoms with E-state index in [4.69, 9.17) is 4.74 Å². The van der Waals surface area contributed by atoms with Crippen LogP contribution in [0.15, 0.2) is 0 Å². The fourth-order valence-corrected chi connectivity index (χ4v) is 2.37. The molecule has 3 heteroatoms. The van der Waals surface area contributed by atoms with Crippen LogP contribution in [0.3, 0.4) is 0 Å². The molecule has 0 aliphatic rings. The summed E-state index contributed by atoms with van der Waals surface area (Å²) in [7, 11) is 1.44. The summed E-state index contributed by atoms with van der Waals surface area (Å²) >= 11 is 0. The largest absolute Gasteiger partial charge is 0.468 e. The van der Waals surface area contributed by atoms with Gasteiger partial charge in [0.1, 0.15) is 0 Å². The number of carbonyl (C=O) groups is 1. The molecule has 0 amide bonds. The predicted molar refractivity (Wildman–Crippen MR) is 81.3 cm³/mol. The van der Waals surface area contributed by atoms with E-state index in [0.717, 1.165) is 12.8 Å². The fraction of sp³-hybridized carbons (Fsp3) is 0.938. The monoisotopic (exact) mass is 271 g/mol. The zero-order valence-electron chi connectivity index (χ0n) is 13.4. The van der Waals surface area contributed by atoms with Gasteiger partial charge in [-0.1, -0.05) is 58.8 Å². The zero-order valence-corrected chi connectivity index (χ0v) is 13.4. The Balaban J connectivity index is 4.14. The molecule has 0 aliphatic heterocycles. The van der Waals surface area contributed by atoms with Crippen LogP contribution in [0.25, 0.3) is 0 Å². The summed E-state index contributed by atoms with van der Waals surface area (Å²) < 4.78 is 4.71. The van der Waals surface area contributed by atoms with Crippen molar-refractivity contribution in [2.75, 3.05) is 13.7 Å². The quantitative estimate of drug-likeness (QED) is 0.430. The Morgan fingerprint density at radius 1 is 1.00 bits per heavy atom. The van der Waals surface area contributed by atoms with Crippen LogP contribution >= 0.6 is 0 Å². The van der Waals surface area contributed by atoms with Gasteiger partial charge in [0.15, 0.2) is 0 Å². The third-order valence-corrected chi connectivity index (χ3v) is 3.80. The van der Waals surface area contributed by atoms with Crippen LogP contribution in [-0.2, 0) is 9.53 Å². The summed E-state index contributed by atoms with van der Waals surface area (Å²) in [6.07, 6.45) is 11.1. The minimum absolute atomic E-state index is 0.0805. The van der Waals surface area contributed by atoms with E-state index in [1.54, 1.807) is 0 Å². The van der Waals surface area contributed by atoms with Gasteiger partial charge in [-0.05, 0) is 19.8 Å². The molecule has 0 fully saturated rings. The lowest BCUT2D eigenvalue weighted by Crippen LogP contribution is -2.45. The lowest BCUT2D eigenvalue weighted by molar-refractivity contribution is -0.140. The number of ether oxygens (including phenoxy) is 1. The van der Waals surface area contributed by atoms with Gasteiger partial charge in [0, 0.05) is 5.54 Å². The Bertz CT molecular complexity index is 231. The molecule has 19 heavy (non-hydrogen) atoms. The molecule has 0 aliphatic carbocycles. The number of hydrogen-bond donors (Lipinski definition) is 1. The highest BCUT2D eigenvalue weighted by molar-refractivity contribution is 5.71. The molecule has 1 atom stereocenters. The molecule has 0 saturated heterocycles. The van der Waals surface area contributed by atoms with Gasteiger partial charge in [0.2, 0.25) is 0 Å². The van der Waals surface area contributed by atoms with Crippen molar-refractivity contribution in [1.82, 2.24) is 5.32 Å². The first-order chi connectivity index (χ1) is 9.08. The number of methoxy groups -OCH3 is 1. The van der Waals surface area contributed by atoms with Crippen molar-refractivity contribution in [3.05, 3.63) is 0 Å². The molecule has 1 unspecified atom stereocenters. The molecule has 0 aromatic heterocycles. The van der Waals surface area contributed by atoms with Gasteiger partial charge in [0.25, 0.3) is 0 Å². The fourth-order valence-electron chi connectivity index (χ4n) is 2.37. The van der Waals surface area contributed by atoms with E-state index in [0.29, 0.717) is 6.54 Å². The first-order valence-electron chi connectivity index (χ1n) is 7.89. The second-order valence-electron chi connectivity index (χ2n) is 5.76. The van der Waals surface area contributed by atoms with Crippen LogP contribution in [-0.4, -0.2) is 25.2 Å². The lowest BCUT2D eigenvalue weighted by Gasteiger charge is -2.31. The van der Waals surface area contributed by atoms with E-state index in [2.05, 4.69) is 26.1 Å². The molecule has 0 heterocycles. The van der Waals surface area contributed by atoms with E-state index in [-0.39, 0.29) is 11.5 Å². The third-order valence-electron chi connectivity index (χ3n) is 3.80. The number of nitrogens with one attached hydrogen (secondary N) is 1. The maximum Gasteiger partial charge on any atom is 0.319 e. The zero-order chi connectivity index (χ0) is 14.6. The van der Waals surface area contributed by atoms with Gasteiger partial charge in [0.05, 0.1) is 13.7 Å². The molecule has 0 aromatic rings. The van der Waals surface area contributed by atoms with E-state index < -0.39 is 0 Å². The van der Waals surface area contributed by atoms with Crippen LogP contribution < -0.4 is 5.32 Å². The van der Waals surface area contributed by atoms with Crippen molar-refractivity contribution < 1.29 is 9.53 Å². The van der Waals surface area contributed by atoms with Gasteiger partial charge < -0.3 is 10.1 Å². The number of rotatable bonds is 12. The van der Waals surface area contributed by atoms with E-state index in [1.165, 1.54) is 52.1 Å². The normalized spacial score (nSPS) is 14.1. The highest BCUT2D eigenvalue weighted by atomic mass is 16.5.